The lowest BCUT2D eigenvalue weighted by atomic mass is 10.2. The van der Waals surface area contributed by atoms with Gasteiger partial charge in [0.1, 0.15) is 11.5 Å². The normalized spacial score (nSPS) is 17.9. The highest BCUT2D eigenvalue weighted by Crippen LogP contribution is 2.32. The van der Waals surface area contributed by atoms with Crippen molar-refractivity contribution in [3.8, 4) is 11.3 Å². The van der Waals surface area contributed by atoms with E-state index >= 15 is 0 Å². The second-order valence-electron chi connectivity index (χ2n) is 7.83. The third-order valence-corrected chi connectivity index (χ3v) is 7.13. The van der Waals surface area contributed by atoms with Gasteiger partial charge in [0.05, 0.1) is 4.91 Å². The number of amidine groups is 1. The van der Waals surface area contributed by atoms with Crippen molar-refractivity contribution in [3.05, 3.63) is 81.4 Å². The van der Waals surface area contributed by atoms with Gasteiger partial charge in [-0.1, -0.05) is 40.2 Å². The van der Waals surface area contributed by atoms with Crippen LogP contribution in [0.2, 0.25) is 0 Å². The van der Waals surface area contributed by atoms with Crippen LogP contribution in [0.25, 0.3) is 17.4 Å². The molecule has 162 valence electrons. The molecule has 0 saturated carbocycles. The fraction of sp³-hybridized carbons (Fsp3) is 0.200. The van der Waals surface area contributed by atoms with E-state index in [1.807, 2.05) is 36.4 Å². The molecule has 1 aromatic heterocycles. The fourth-order valence-corrected chi connectivity index (χ4v) is 5.05. The van der Waals surface area contributed by atoms with Gasteiger partial charge in [-0.05, 0) is 60.6 Å². The molecular weight excluding hydrogens is 486 g/mol. The maximum absolute atomic E-state index is 12.5. The molecule has 0 atom stereocenters. The molecule has 5 nitrogen and oxygen atoms in total. The lowest BCUT2D eigenvalue weighted by Crippen LogP contribution is -2.47. The number of anilines is 1. The van der Waals surface area contributed by atoms with Crippen LogP contribution in [0, 0.1) is 6.92 Å². The van der Waals surface area contributed by atoms with Crippen molar-refractivity contribution in [1.82, 2.24) is 4.90 Å². The Hall–Kier alpha value is -2.77. The predicted octanol–water partition coefficient (Wildman–Crippen LogP) is 5.81. The Morgan fingerprint density at radius 2 is 1.75 bits per heavy atom. The molecule has 0 radical (unpaired) electrons. The second kappa shape index (κ2) is 9.00. The highest BCUT2D eigenvalue weighted by Gasteiger charge is 2.29. The van der Waals surface area contributed by atoms with Crippen LogP contribution in [0.1, 0.15) is 11.3 Å². The van der Waals surface area contributed by atoms with Crippen LogP contribution in [-0.2, 0) is 4.79 Å². The van der Waals surface area contributed by atoms with Crippen LogP contribution in [0.15, 0.2) is 79.5 Å². The summed E-state index contributed by atoms with van der Waals surface area (Å²) in [7, 11) is 0. The molecule has 5 rings (SSSR count). The van der Waals surface area contributed by atoms with E-state index in [0.717, 1.165) is 47.1 Å². The minimum atomic E-state index is -0.201. The molecule has 1 saturated heterocycles. The van der Waals surface area contributed by atoms with Gasteiger partial charge in [-0.25, -0.2) is 0 Å². The number of furan rings is 1. The molecular formula is C25H22BrN3O2S. The fourth-order valence-electron chi connectivity index (χ4n) is 3.84. The molecule has 2 aliphatic rings. The number of halogens is 1. The average molecular weight is 508 g/mol. The molecule has 0 aliphatic carbocycles. The van der Waals surface area contributed by atoms with Crippen molar-refractivity contribution in [2.45, 2.75) is 6.92 Å². The van der Waals surface area contributed by atoms with E-state index in [1.54, 1.807) is 6.08 Å². The number of amides is 1. The maximum Gasteiger partial charge on any atom is 0.286 e. The van der Waals surface area contributed by atoms with E-state index < -0.39 is 0 Å². The second-order valence-corrected chi connectivity index (χ2v) is 9.76. The average Bonchev–Trinajstić information content (AvgIpc) is 3.42. The summed E-state index contributed by atoms with van der Waals surface area (Å²) in [5.41, 5.74) is 3.51. The quantitative estimate of drug-likeness (QED) is 0.418. The van der Waals surface area contributed by atoms with Gasteiger partial charge in [0.15, 0.2) is 5.17 Å². The summed E-state index contributed by atoms with van der Waals surface area (Å²) in [6.07, 6.45) is 1.79. The van der Waals surface area contributed by atoms with Gasteiger partial charge in [0.2, 0.25) is 0 Å². The molecule has 3 heterocycles. The molecule has 0 unspecified atom stereocenters. The standard InChI is InChI=1S/C25H22BrN3O2S/c1-17-3-2-4-20(15-17)28-11-13-29(14-12-28)25-27-24(30)23(32-25)16-21-9-10-22(31-21)18-5-7-19(26)8-6-18/h2-10,15-16H,11-14H2,1H3. The number of hydrogen-bond donors (Lipinski definition) is 0. The molecule has 32 heavy (non-hydrogen) atoms. The molecule has 1 amide bonds. The molecule has 0 bridgehead atoms. The number of carbonyl (C=O) groups is 1. The van der Waals surface area contributed by atoms with Gasteiger partial charge >= 0.3 is 0 Å². The Balaban J connectivity index is 1.23. The van der Waals surface area contributed by atoms with Gasteiger partial charge in [-0.2, -0.15) is 4.99 Å². The Morgan fingerprint density at radius 1 is 1.00 bits per heavy atom. The number of hydrogen-bond acceptors (Lipinski definition) is 5. The zero-order valence-corrected chi connectivity index (χ0v) is 20.0. The molecule has 0 spiro atoms. The molecule has 7 heteroatoms. The highest BCUT2D eigenvalue weighted by molar-refractivity contribution is 9.10. The number of thioether (sulfide) groups is 1. The maximum atomic E-state index is 12.5. The number of aliphatic imine (C=N–C) groups is 1. The van der Waals surface area contributed by atoms with E-state index in [9.17, 15) is 4.79 Å². The summed E-state index contributed by atoms with van der Waals surface area (Å²) in [6.45, 7) is 5.61. The minimum absolute atomic E-state index is 0.201. The number of carbonyl (C=O) groups excluding carboxylic acids is 1. The molecule has 3 aromatic rings. The number of aryl methyl sites for hydroxylation is 1. The summed E-state index contributed by atoms with van der Waals surface area (Å²) in [6, 6.07) is 20.3. The van der Waals surface area contributed by atoms with E-state index in [2.05, 4.69) is 61.9 Å². The number of benzene rings is 2. The van der Waals surface area contributed by atoms with E-state index in [0.29, 0.717) is 10.7 Å². The minimum Gasteiger partial charge on any atom is -0.457 e. The first-order valence-electron chi connectivity index (χ1n) is 10.5. The predicted molar refractivity (Wildman–Crippen MR) is 135 cm³/mol. The summed E-state index contributed by atoms with van der Waals surface area (Å²) in [5.74, 6) is 1.22. The Morgan fingerprint density at radius 3 is 2.50 bits per heavy atom. The number of rotatable bonds is 3. The van der Waals surface area contributed by atoms with Crippen molar-refractivity contribution < 1.29 is 9.21 Å². The van der Waals surface area contributed by atoms with Crippen molar-refractivity contribution >= 4 is 50.5 Å². The van der Waals surface area contributed by atoms with Crippen LogP contribution in [-0.4, -0.2) is 42.2 Å². The van der Waals surface area contributed by atoms with E-state index in [-0.39, 0.29) is 5.91 Å². The SMILES string of the molecule is Cc1cccc(N2CCN(C3=NC(=O)C(=Cc4ccc(-c5ccc(Br)cc5)o4)S3)CC2)c1. The Labute approximate surface area is 199 Å². The molecule has 1 fully saturated rings. The summed E-state index contributed by atoms with van der Waals surface area (Å²) < 4.78 is 6.97. The van der Waals surface area contributed by atoms with E-state index in [4.69, 9.17) is 4.42 Å². The van der Waals surface area contributed by atoms with Crippen LogP contribution < -0.4 is 4.90 Å². The topological polar surface area (TPSA) is 49.0 Å². The van der Waals surface area contributed by atoms with Crippen molar-refractivity contribution in [2.75, 3.05) is 31.1 Å². The third-order valence-electron chi connectivity index (χ3n) is 5.56. The Bertz CT molecular complexity index is 1210. The molecule has 2 aromatic carbocycles. The van der Waals surface area contributed by atoms with Crippen molar-refractivity contribution in [2.24, 2.45) is 4.99 Å². The van der Waals surface area contributed by atoms with E-state index in [1.165, 1.54) is 23.0 Å². The van der Waals surface area contributed by atoms with Gasteiger partial charge in [0.25, 0.3) is 5.91 Å². The zero-order valence-electron chi connectivity index (χ0n) is 17.6. The smallest absolute Gasteiger partial charge is 0.286 e. The summed E-state index contributed by atoms with van der Waals surface area (Å²) in [4.78, 5) is 22.0. The monoisotopic (exact) mass is 507 g/mol. The van der Waals surface area contributed by atoms with Crippen LogP contribution in [0.5, 0.6) is 0 Å². The first-order chi connectivity index (χ1) is 15.5. The third kappa shape index (κ3) is 4.54. The highest BCUT2D eigenvalue weighted by atomic mass is 79.9. The van der Waals surface area contributed by atoms with Crippen molar-refractivity contribution in [3.63, 3.8) is 0 Å². The summed E-state index contributed by atoms with van der Waals surface area (Å²) >= 11 is 4.87. The molecule has 0 N–H and O–H groups in total. The van der Waals surface area contributed by atoms with Gasteiger partial charge in [0, 0.05) is 48.0 Å². The largest absolute Gasteiger partial charge is 0.457 e. The first-order valence-corrected chi connectivity index (χ1v) is 12.1. The van der Waals surface area contributed by atoms with Gasteiger partial charge < -0.3 is 14.2 Å². The van der Waals surface area contributed by atoms with Gasteiger partial charge in [-0.15, -0.1) is 0 Å². The van der Waals surface area contributed by atoms with Crippen LogP contribution in [0.4, 0.5) is 5.69 Å². The van der Waals surface area contributed by atoms with Crippen LogP contribution >= 0.6 is 27.7 Å². The lowest BCUT2D eigenvalue weighted by Gasteiger charge is -2.36. The molecule has 2 aliphatic heterocycles. The van der Waals surface area contributed by atoms with Crippen LogP contribution in [0.3, 0.4) is 0 Å². The lowest BCUT2D eigenvalue weighted by molar-refractivity contribution is -0.113. The number of nitrogens with zero attached hydrogens (tertiary/aromatic N) is 3. The summed E-state index contributed by atoms with van der Waals surface area (Å²) in [5, 5.41) is 0.782. The Kier molecular flexibility index (Phi) is 5.93. The number of piperazine rings is 1. The zero-order chi connectivity index (χ0) is 22.1. The van der Waals surface area contributed by atoms with Crippen molar-refractivity contribution in [1.29, 1.82) is 0 Å². The van der Waals surface area contributed by atoms with Gasteiger partial charge in [-0.3, -0.25) is 4.79 Å². The first kappa shape index (κ1) is 21.1.